The maximum atomic E-state index is 10.1. The Morgan fingerprint density at radius 3 is 2.75 bits per heavy atom. The molecule has 1 unspecified atom stereocenters. The van der Waals surface area contributed by atoms with E-state index < -0.39 is 6.10 Å². The fourth-order valence-corrected chi connectivity index (χ4v) is 1.84. The smallest absolute Gasteiger partial charge is 0.145 e. The van der Waals surface area contributed by atoms with Gasteiger partial charge in [0.2, 0.25) is 0 Å². The number of aromatic nitrogens is 1. The van der Waals surface area contributed by atoms with Gasteiger partial charge in [-0.3, -0.25) is 4.98 Å². The number of hydrogen-bond donors (Lipinski definition) is 2. The van der Waals surface area contributed by atoms with Crippen molar-refractivity contribution in [3.63, 3.8) is 0 Å². The van der Waals surface area contributed by atoms with E-state index in [0.717, 1.165) is 17.0 Å². The van der Waals surface area contributed by atoms with Crippen molar-refractivity contribution >= 4 is 5.69 Å². The minimum Gasteiger partial charge on any atom is -0.497 e. The van der Waals surface area contributed by atoms with Gasteiger partial charge in [0.25, 0.3) is 0 Å². The van der Waals surface area contributed by atoms with Crippen molar-refractivity contribution < 1.29 is 14.6 Å². The Bertz CT molecular complexity index is 546. The van der Waals surface area contributed by atoms with Crippen molar-refractivity contribution in [3.8, 4) is 11.5 Å². The second kappa shape index (κ2) is 6.77. The van der Waals surface area contributed by atoms with Crippen LogP contribution in [0.5, 0.6) is 11.5 Å². The molecule has 0 saturated carbocycles. The highest BCUT2D eigenvalue weighted by Gasteiger charge is 2.09. The molecule has 1 atom stereocenters. The van der Waals surface area contributed by atoms with E-state index in [2.05, 4.69) is 10.3 Å². The van der Waals surface area contributed by atoms with Crippen molar-refractivity contribution in [2.45, 2.75) is 6.10 Å². The number of methoxy groups -OCH3 is 2. The van der Waals surface area contributed by atoms with E-state index in [1.165, 1.54) is 0 Å². The molecule has 2 rings (SSSR count). The minimum atomic E-state index is -0.629. The summed E-state index contributed by atoms with van der Waals surface area (Å²) in [7, 11) is 3.20. The molecule has 20 heavy (non-hydrogen) atoms. The maximum absolute atomic E-state index is 10.1. The summed E-state index contributed by atoms with van der Waals surface area (Å²) < 4.78 is 10.4. The largest absolute Gasteiger partial charge is 0.497 e. The van der Waals surface area contributed by atoms with E-state index in [1.807, 2.05) is 18.2 Å². The number of hydrogen-bond acceptors (Lipinski definition) is 5. The average molecular weight is 274 g/mol. The van der Waals surface area contributed by atoms with Gasteiger partial charge in [0, 0.05) is 30.6 Å². The molecule has 1 aromatic heterocycles. The standard InChI is InChI=1S/C15H18N2O3/c1-19-12-5-6-13(15(8-12)20-2)17-10-14(18)11-4-3-7-16-9-11/h3-9,14,17-18H,10H2,1-2H3. The van der Waals surface area contributed by atoms with E-state index in [4.69, 9.17) is 9.47 Å². The fourth-order valence-electron chi connectivity index (χ4n) is 1.84. The molecule has 2 aromatic rings. The summed E-state index contributed by atoms with van der Waals surface area (Å²) >= 11 is 0. The highest BCUT2D eigenvalue weighted by Crippen LogP contribution is 2.29. The summed E-state index contributed by atoms with van der Waals surface area (Å²) in [5.74, 6) is 1.39. The number of nitrogens with one attached hydrogen (secondary N) is 1. The van der Waals surface area contributed by atoms with Crippen LogP contribution in [0.3, 0.4) is 0 Å². The van der Waals surface area contributed by atoms with Crippen LogP contribution in [0, 0.1) is 0 Å². The zero-order chi connectivity index (χ0) is 14.4. The van der Waals surface area contributed by atoms with Crippen LogP contribution in [-0.4, -0.2) is 30.9 Å². The Labute approximate surface area is 118 Å². The summed E-state index contributed by atoms with van der Waals surface area (Å²) in [4.78, 5) is 3.99. The molecule has 106 valence electrons. The Morgan fingerprint density at radius 1 is 1.25 bits per heavy atom. The molecule has 2 N–H and O–H groups in total. The van der Waals surface area contributed by atoms with Crippen molar-refractivity contribution in [2.75, 3.05) is 26.1 Å². The lowest BCUT2D eigenvalue weighted by Crippen LogP contribution is -2.12. The lowest BCUT2D eigenvalue weighted by Gasteiger charge is -2.15. The van der Waals surface area contributed by atoms with Gasteiger partial charge >= 0.3 is 0 Å². The Balaban J connectivity index is 2.03. The van der Waals surface area contributed by atoms with Gasteiger partial charge < -0.3 is 19.9 Å². The van der Waals surface area contributed by atoms with Crippen LogP contribution in [0.4, 0.5) is 5.69 Å². The summed E-state index contributed by atoms with van der Waals surface area (Å²) in [5, 5.41) is 13.2. The van der Waals surface area contributed by atoms with Gasteiger partial charge in [-0.05, 0) is 18.2 Å². The monoisotopic (exact) mass is 274 g/mol. The van der Waals surface area contributed by atoms with Crippen LogP contribution in [0.15, 0.2) is 42.7 Å². The number of ether oxygens (including phenoxy) is 2. The molecule has 1 aromatic carbocycles. The van der Waals surface area contributed by atoms with Gasteiger partial charge in [0.05, 0.1) is 26.0 Å². The molecular formula is C15H18N2O3. The number of pyridine rings is 1. The zero-order valence-electron chi connectivity index (χ0n) is 11.5. The highest BCUT2D eigenvalue weighted by molar-refractivity contribution is 5.59. The van der Waals surface area contributed by atoms with Gasteiger partial charge in [-0.15, -0.1) is 0 Å². The van der Waals surface area contributed by atoms with E-state index >= 15 is 0 Å². The molecule has 0 radical (unpaired) electrons. The first kappa shape index (κ1) is 14.1. The average Bonchev–Trinajstić information content (AvgIpc) is 2.53. The van der Waals surface area contributed by atoms with E-state index in [9.17, 15) is 5.11 Å². The van der Waals surface area contributed by atoms with Crippen molar-refractivity contribution in [1.82, 2.24) is 4.98 Å². The topological polar surface area (TPSA) is 63.6 Å². The molecular weight excluding hydrogens is 256 g/mol. The predicted molar refractivity (Wildman–Crippen MR) is 77.2 cm³/mol. The normalized spacial score (nSPS) is 11.8. The number of benzene rings is 1. The van der Waals surface area contributed by atoms with Crippen LogP contribution >= 0.6 is 0 Å². The van der Waals surface area contributed by atoms with Gasteiger partial charge in [-0.2, -0.15) is 0 Å². The first-order chi connectivity index (χ1) is 9.74. The molecule has 0 amide bonds. The van der Waals surface area contributed by atoms with Gasteiger partial charge in [-0.1, -0.05) is 6.07 Å². The van der Waals surface area contributed by atoms with Crippen LogP contribution < -0.4 is 14.8 Å². The molecule has 1 heterocycles. The minimum absolute atomic E-state index is 0.369. The molecule has 5 nitrogen and oxygen atoms in total. The summed E-state index contributed by atoms with van der Waals surface area (Å²) in [6.45, 7) is 0.369. The van der Waals surface area contributed by atoms with Crippen LogP contribution in [-0.2, 0) is 0 Å². The number of aliphatic hydroxyl groups is 1. The molecule has 0 spiro atoms. The predicted octanol–water partition coefficient (Wildman–Crippen LogP) is 2.24. The fraction of sp³-hybridized carbons (Fsp3) is 0.267. The third-order valence-corrected chi connectivity index (χ3v) is 2.96. The molecule has 0 bridgehead atoms. The third-order valence-electron chi connectivity index (χ3n) is 2.96. The lowest BCUT2D eigenvalue weighted by molar-refractivity contribution is 0.191. The second-order valence-electron chi connectivity index (χ2n) is 4.25. The van der Waals surface area contributed by atoms with Gasteiger partial charge in [0.1, 0.15) is 11.5 Å². The molecule has 0 aliphatic heterocycles. The number of rotatable bonds is 6. The summed E-state index contributed by atoms with van der Waals surface area (Å²) in [6, 6.07) is 9.12. The number of nitrogens with zero attached hydrogens (tertiary/aromatic N) is 1. The highest BCUT2D eigenvalue weighted by atomic mass is 16.5. The third kappa shape index (κ3) is 3.39. The molecule has 0 saturated heterocycles. The number of aliphatic hydroxyl groups excluding tert-OH is 1. The lowest BCUT2D eigenvalue weighted by atomic mass is 10.1. The first-order valence-electron chi connectivity index (χ1n) is 6.28. The van der Waals surface area contributed by atoms with Crippen molar-refractivity contribution in [3.05, 3.63) is 48.3 Å². The Hall–Kier alpha value is -2.27. The summed E-state index contributed by atoms with van der Waals surface area (Å²) in [5.41, 5.74) is 1.57. The van der Waals surface area contributed by atoms with Gasteiger partial charge in [0.15, 0.2) is 0 Å². The maximum Gasteiger partial charge on any atom is 0.145 e. The van der Waals surface area contributed by atoms with E-state index in [1.54, 1.807) is 38.7 Å². The van der Waals surface area contributed by atoms with Gasteiger partial charge in [-0.25, -0.2) is 0 Å². The van der Waals surface area contributed by atoms with E-state index in [-0.39, 0.29) is 0 Å². The van der Waals surface area contributed by atoms with Crippen LogP contribution in [0.25, 0.3) is 0 Å². The molecule has 0 fully saturated rings. The molecule has 0 aliphatic carbocycles. The van der Waals surface area contributed by atoms with E-state index in [0.29, 0.717) is 12.3 Å². The SMILES string of the molecule is COc1ccc(NCC(O)c2cccnc2)c(OC)c1. The molecule has 5 heteroatoms. The number of anilines is 1. The molecule has 0 aliphatic rings. The van der Waals surface area contributed by atoms with Crippen molar-refractivity contribution in [2.24, 2.45) is 0 Å². The first-order valence-corrected chi connectivity index (χ1v) is 6.28. The van der Waals surface area contributed by atoms with Crippen LogP contribution in [0.2, 0.25) is 0 Å². The van der Waals surface area contributed by atoms with Crippen molar-refractivity contribution in [1.29, 1.82) is 0 Å². The quantitative estimate of drug-likeness (QED) is 0.846. The zero-order valence-corrected chi connectivity index (χ0v) is 11.5. The van der Waals surface area contributed by atoms with Crippen LogP contribution in [0.1, 0.15) is 11.7 Å². The Kier molecular flexibility index (Phi) is 4.79. The Morgan fingerprint density at radius 2 is 2.10 bits per heavy atom. The summed E-state index contributed by atoms with van der Waals surface area (Å²) in [6.07, 6.45) is 2.70. The second-order valence-corrected chi connectivity index (χ2v) is 4.25.